The third kappa shape index (κ3) is 3.18. The van der Waals surface area contributed by atoms with E-state index in [1.54, 1.807) is 11.3 Å². The highest BCUT2D eigenvalue weighted by Gasteiger charge is 2.25. The number of halogens is 2. The number of benzene rings is 1. The molecule has 2 aromatic rings. The normalized spacial score (nSPS) is 15.3. The smallest absolute Gasteiger partial charge is 0.147 e. The van der Waals surface area contributed by atoms with Gasteiger partial charge in [-0.05, 0) is 25.3 Å². The van der Waals surface area contributed by atoms with Crippen molar-refractivity contribution < 1.29 is 8.78 Å². The molecular weight excluding hydrogens is 326 g/mol. The molecule has 0 saturated carbocycles. The van der Waals surface area contributed by atoms with Crippen molar-refractivity contribution in [3.05, 3.63) is 33.7 Å². The average Bonchev–Trinajstić information content (AvgIpc) is 3.17. The summed E-state index contributed by atoms with van der Waals surface area (Å²) in [5.74, 6) is -0.751. The fourth-order valence-electron chi connectivity index (χ4n) is 3.04. The van der Waals surface area contributed by atoms with Gasteiger partial charge in [0.15, 0.2) is 0 Å². The summed E-state index contributed by atoms with van der Waals surface area (Å²) in [7, 11) is 0. The molecule has 0 bridgehead atoms. The van der Waals surface area contributed by atoms with Gasteiger partial charge in [-0.25, -0.2) is 13.8 Å². The molecule has 0 aliphatic carbocycles. The third-order valence-corrected chi connectivity index (χ3v) is 6.02. The summed E-state index contributed by atoms with van der Waals surface area (Å²) >= 11 is 1.59. The minimum absolute atomic E-state index is 0.0999. The molecule has 1 saturated heterocycles. The maximum absolute atomic E-state index is 14.8. The van der Waals surface area contributed by atoms with Crippen molar-refractivity contribution in [3.8, 4) is 11.3 Å². The monoisotopic (exact) mass is 350 g/mol. The summed E-state index contributed by atoms with van der Waals surface area (Å²) in [6.45, 7) is 9.87. The highest BCUT2D eigenvalue weighted by atomic mass is 32.1. The van der Waals surface area contributed by atoms with Crippen LogP contribution in [0.25, 0.3) is 11.3 Å². The van der Waals surface area contributed by atoms with Gasteiger partial charge in [0.1, 0.15) is 11.6 Å². The number of rotatable bonds is 3. The van der Waals surface area contributed by atoms with Gasteiger partial charge in [0.25, 0.3) is 0 Å². The Morgan fingerprint density at radius 1 is 1.12 bits per heavy atom. The van der Waals surface area contributed by atoms with Crippen molar-refractivity contribution in [1.29, 1.82) is 0 Å². The zero-order valence-corrected chi connectivity index (χ0v) is 15.6. The van der Waals surface area contributed by atoms with Crippen LogP contribution >= 0.6 is 11.3 Å². The Hall–Kier alpha value is -1.49. The van der Waals surface area contributed by atoms with E-state index < -0.39 is 5.82 Å². The van der Waals surface area contributed by atoms with Crippen LogP contribution in [0, 0.1) is 11.6 Å². The first kappa shape index (κ1) is 17.3. The molecule has 0 amide bonds. The highest BCUT2D eigenvalue weighted by Crippen LogP contribution is 2.37. The number of hydrogen-bond acceptors (Lipinski definition) is 3. The highest BCUT2D eigenvalue weighted by molar-refractivity contribution is 7.12. The number of thiazole rings is 1. The van der Waals surface area contributed by atoms with Gasteiger partial charge in [0.05, 0.1) is 16.4 Å². The fourth-order valence-corrected chi connectivity index (χ4v) is 4.11. The van der Waals surface area contributed by atoms with Gasteiger partial charge in [0, 0.05) is 35.0 Å². The molecule has 1 fully saturated rings. The quantitative estimate of drug-likeness (QED) is 0.721. The second-order valence-electron chi connectivity index (χ2n) is 7.37. The van der Waals surface area contributed by atoms with Crippen LogP contribution < -0.4 is 4.90 Å². The molecule has 1 aliphatic heterocycles. The number of nitrogens with zero attached hydrogens (tertiary/aromatic N) is 2. The minimum atomic E-state index is -0.390. The average molecular weight is 350 g/mol. The van der Waals surface area contributed by atoms with E-state index in [4.69, 9.17) is 0 Å². The van der Waals surface area contributed by atoms with Crippen molar-refractivity contribution in [2.75, 3.05) is 18.0 Å². The van der Waals surface area contributed by atoms with Crippen molar-refractivity contribution in [3.63, 3.8) is 0 Å². The first-order valence-corrected chi connectivity index (χ1v) is 9.37. The van der Waals surface area contributed by atoms with E-state index in [-0.39, 0.29) is 16.8 Å². The van der Waals surface area contributed by atoms with Gasteiger partial charge >= 0.3 is 0 Å². The summed E-state index contributed by atoms with van der Waals surface area (Å²) in [4.78, 5) is 7.58. The molecule has 24 heavy (non-hydrogen) atoms. The Morgan fingerprint density at radius 2 is 1.79 bits per heavy atom. The Morgan fingerprint density at radius 3 is 2.38 bits per heavy atom. The van der Waals surface area contributed by atoms with Crippen LogP contribution in [0.3, 0.4) is 0 Å². The lowest BCUT2D eigenvalue weighted by Crippen LogP contribution is -2.19. The molecule has 2 heterocycles. The van der Waals surface area contributed by atoms with Crippen molar-refractivity contribution >= 4 is 17.0 Å². The van der Waals surface area contributed by atoms with Crippen LogP contribution in [0.5, 0.6) is 0 Å². The van der Waals surface area contributed by atoms with E-state index in [1.807, 2.05) is 11.8 Å². The van der Waals surface area contributed by atoms with Gasteiger partial charge in [-0.3, -0.25) is 0 Å². The van der Waals surface area contributed by atoms with Crippen LogP contribution in [0.1, 0.15) is 50.4 Å². The molecule has 0 atom stereocenters. The summed E-state index contributed by atoms with van der Waals surface area (Å²) in [5, 5.41) is 0.956. The number of anilines is 1. The topological polar surface area (TPSA) is 16.1 Å². The van der Waals surface area contributed by atoms with E-state index in [2.05, 4.69) is 25.8 Å². The van der Waals surface area contributed by atoms with Crippen molar-refractivity contribution in [2.24, 2.45) is 0 Å². The van der Waals surface area contributed by atoms with Gasteiger partial charge in [-0.1, -0.05) is 27.7 Å². The molecule has 1 aromatic carbocycles. The Balaban J connectivity index is 2.06. The lowest BCUT2D eigenvalue weighted by atomic mass is 9.98. The van der Waals surface area contributed by atoms with Gasteiger partial charge < -0.3 is 4.90 Å². The Bertz CT molecular complexity index is 741. The second kappa shape index (κ2) is 6.43. The fraction of sp³-hybridized carbons (Fsp3) is 0.526. The predicted molar refractivity (Wildman–Crippen MR) is 97.0 cm³/mol. The molecule has 2 nitrogen and oxygen atoms in total. The Labute approximate surface area is 146 Å². The molecule has 0 N–H and O–H groups in total. The number of aromatic nitrogens is 1. The minimum Gasteiger partial charge on any atom is -0.369 e. The maximum Gasteiger partial charge on any atom is 0.147 e. The van der Waals surface area contributed by atoms with Crippen LogP contribution in [0.15, 0.2) is 12.1 Å². The van der Waals surface area contributed by atoms with Crippen LogP contribution in [-0.4, -0.2) is 18.1 Å². The van der Waals surface area contributed by atoms with Gasteiger partial charge in [0.2, 0.25) is 0 Å². The largest absolute Gasteiger partial charge is 0.369 e. The first-order valence-electron chi connectivity index (χ1n) is 8.55. The van der Waals surface area contributed by atoms with Crippen molar-refractivity contribution in [1.82, 2.24) is 4.98 Å². The molecule has 130 valence electrons. The zero-order valence-electron chi connectivity index (χ0n) is 14.7. The molecule has 0 spiro atoms. The van der Waals surface area contributed by atoms with E-state index >= 15 is 0 Å². The SMILES string of the molecule is CCc1sc(C(C)(C)C)nc1-c1cc(F)c(N2CCCC2)cc1F. The van der Waals surface area contributed by atoms with Gasteiger partial charge in [-0.15, -0.1) is 11.3 Å². The number of aryl methyl sites for hydroxylation is 1. The molecule has 3 rings (SSSR count). The summed E-state index contributed by atoms with van der Waals surface area (Å²) < 4.78 is 29.4. The van der Waals surface area contributed by atoms with E-state index in [1.165, 1.54) is 12.1 Å². The van der Waals surface area contributed by atoms with Crippen molar-refractivity contribution in [2.45, 2.75) is 52.4 Å². The van der Waals surface area contributed by atoms with Crippen LogP contribution in [-0.2, 0) is 11.8 Å². The van der Waals surface area contributed by atoms with Crippen LogP contribution in [0.4, 0.5) is 14.5 Å². The molecule has 5 heteroatoms. The predicted octanol–water partition coefficient (Wildman–Crippen LogP) is 5.55. The van der Waals surface area contributed by atoms with E-state index in [0.717, 1.165) is 42.2 Å². The molecule has 1 aromatic heterocycles. The molecule has 1 aliphatic rings. The van der Waals surface area contributed by atoms with Crippen LogP contribution in [0.2, 0.25) is 0 Å². The second-order valence-corrected chi connectivity index (χ2v) is 8.46. The maximum atomic E-state index is 14.8. The summed E-state index contributed by atoms with van der Waals surface area (Å²) in [6, 6.07) is 2.66. The lowest BCUT2D eigenvalue weighted by Gasteiger charge is -2.19. The molecular formula is C19H24F2N2S. The van der Waals surface area contributed by atoms with Gasteiger partial charge in [-0.2, -0.15) is 0 Å². The van der Waals surface area contributed by atoms with E-state index in [0.29, 0.717) is 11.4 Å². The summed E-state index contributed by atoms with van der Waals surface area (Å²) in [5.41, 5.74) is 1.14. The first-order chi connectivity index (χ1) is 11.3. The standard InChI is InChI=1S/C19H24F2N2S/c1-5-16-17(22-18(24-16)19(2,3)4)12-10-14(21)15(11-13(12)20)23-8-6-7-9-23/h10-11H,5-9H2,1-4H3. The zero-order chi connectivity index (χ0) is 17.5. The third-order valence-electron chi connectivity index (χ3n) is 4.40. The Kier molecular flexibility index (Phi) is 4.65. The molecule has 0 radical (unpaired) electrons. The lowest BCUT2D eigenvalue weighted by molar-refractivity contribution is 0.584. The van der Waals surface area contributed by atoms with E-state index in [9.17, 15) is 8.78 Å². The summed E-state index contributed by atoms with van der Waals surface area (Å²) in [6.07, 6.45) is 2.83. The molecule has 0 unspecified atom stereocenters. The number of hydrogen-bond donors (Lipinski definition) is 0.